The molecule has 2 fully saturated rings. The number of rotatable bonds is 3. The van der Waals surface area contributed by atoms with Gasteiger partial charge in [0.05, 0.1) is 18.8 Å². The highest BCUT2D eigenvalue weighted by atomic mass is 16.5. The number of morpholine rings is 1. The number of nitrogens with zero attached hydrogens (tertiary/aromatic N) is 4. The lowest BCUT2D eigenvalue weighted by molar-refractivity contribution is -0.0279. The third kappa shape index (κ3) is 3.33. The fraction of sp³-hybridized carbons (Fsp3) is 0.500. The summed E-state index contributed by atoms with van der Waals surface area (Å²) < 4.78 is 7.86. The van der Waals surface area contributed by atoms with E-state index in [1.54, 1.807) is 0 Å². The maximum atomic E-state index is 12.9. The van der Waals surface area contributed by atoms with Crippen LogP contribution in [0.25, 0.3) is 0 Å². The van der Waals surface area contributed by atoms with Crippen molar-refractivity contribution in [3.8, 4) is 0 Å². The van der Waals surface area contributed by atoms with Gasteiger partial charge in [0.1, 0.15) is 11.9 Å². The SMILES string of the molecule is Cc1cn(C)c(C2CN(C(=O)c3ccc(N4CCCC4)cc3)CCO2)n1. The van der Waals surface area contributed by atoms with Crippen LogP contribution in [0.3, 0.4) is 0 Å². The van der Waals surface area contributed by atoms with Crippen molar-refractivity contribution in [1.29, 1.82) is 0 Å². The molecule has 1 aromatic carbocycles. The third-order valence-electron chi connectivity index (χ3n) is 5.26. The first-order valence-corrected chi connectivity index (χ1v) is 9.37. The molecule has 1 amide bonds. The minimum absolute atomic E-state index is 0.0669. The molecule has 0 radical (unpaired) electrons. The molecule has 1 atom stereocenters. The lowest BCUT2D eigenvalue weighted by atomic mass is 10.1. The highest BCUT2D eigenvalue weighted by Gasteiger charge is 2.28. The Morgan fingerprint density at radius 1 is 1.15 bits per heavy atom. The molecule has 0 aliphatic carbocycles. The molecular weight excluding hydrogens is 328 g/mol. The van der Waals surface area contributed by atoms with E-state index < -0.39 is 0 Å². The predicted octanol–water partition coefficient (Wildman–Crippen LogP) is 2.54. The zero-order valence-electron chi connectivity index (χ0n) is 15.5. The summed E-state index contributed by atoms with van der Waals surface area (Å²) in [6.07, 6.45) is 4.32. The fourth-order valence-electron chi connectivity index (χ4n) is 3.90. The first-order valence-electron chi connectivity index (χ1n) is 9.37. The van der Waals surface area contributed by atoms with E-state index in [1.165, 1.54) is 18.5 Å². The molecule has 138 valence electrons. The minimum Gasteiger partial charge on any atom is -0.372 e. The quantitative estimate of drug-likeness (QED) is 0.850. The number of imidazole rings is 1. The van der Waals surface area contributed by atoms with Crippen LogP contribution >= 0.6 is 0 Å². The summed E-state index contributed by atoms with van der Waals surface area (Å²) in [5.74, 6) is 0.946. The summed E-state index contributed by atoms with van der Waals surface area (Å²) in [5.41, 5.74) is 2.92. The van der Waals surface area contributed by atoms with Crippen LogP contribution in [0.1, 0.15) is 40.8 Å². The van der Waals surface area contributed by atoms with Gasteiger partial charge in [-0.3, -0.25) is 4.79 Å². The second-order valence-electron chi connectivity index (χ2n) is 7.20. The fourth-order valence-corrected chi connectivity index (χ4v) is 3.90. The molecule has 0 bridgehead atoms. The Morgan fingerprint density at radius 2 is 1.88 bits per heavy atom. The number of hydrogen-bond acceptors (Lipinski definition) is 4. The van der Waals surface area contributed by atoms with Crippen LogP contribution in [0.2, 0.25) is 0 Å². The molecule has 3 heterocycles. The van der Waals surface area contributed by atoms with Crippen molar-refractivity contribution < 1.29 is 9.53 Å². The number of ether oxygens (including phenoxy) is 1. The van der Waals surface area contributed by atoms with Gasteiger partial charge >= 0.3 is 0 Å². The van der Waals surface area contributed by atoms with Gasteiger partial charge < -0.3 is 19.1 Å². The van der Waals surface area contributed by atoms with Gasteiger partial charge in [-0.2, -0.15) is 0 Å². The summed E-state index contributed by atoms with van der Waals surface area (Å²) >= 11 is 0. The normalized spacial score (nSPS) is 20.6. The zero-order chi connectivity index (χ0) is 18.1. The number of carbonyl (C=O) groups is 1. The largest absolute Gasteiger partial charge is 0.372 e. The maximum Gasteiger partial charge on any atom is 0.254 e. The van der Waals surface area contributed by atoms with Gasteiger partial charge in [0.15, 0.2) is 0 Å². The van der Waals surface area contributed by atoms with Gasteiger partial charge in [-0.15, -0.1) is 0 Å². The number of amides is 1. The van der Waals surface area contributed by atoms with E-state index in [4.69, 9.17) is 4.74 Å². The van der Waals surface area contributed by atoms with E-state index in [0.29, 0.717) is 19.7 Å². The number of aromatic nitrogens is 2. The third-order valence-corrected chi connectivity index (χ3v) is 5.26. The monoisotopic (exact) mass is 354 g/mol. The second-order valence-corrected chi connectivity index (χ2v) is 7.20. The molecule has 0 saturated carbocycles. The Bertz CT molecular complexity index is 778. The van der Waals surface area contributed by atoms with Gasteiger partial charge in [0.25, 0.3) is 5.91 Å². The van der Waals surface area contributed by atoms with Crippen molar-refractivity contribution in [2.75, 3.05) is 37.7 Å². The molecule has 0 spiro atoms. The average molecular weight is 354 g/mol. The molecule has 2 aliphatic heterocycles. The maximum absolute atomic E-state index is 12.9. The minimum atomic E-state index is -0.171. The van der Waals surface area contributed by atoms with Crippen LogP contribution in [0.15, 0.2) is 30.5 Å². The van der Waals surface area contributed by atoms with Gasteiger partial charge in [0.2, 0.25) is 0 Å². The lowest BCUT2D eigenvalue weighted by Gasteiger charge is -2.32. The molecule has 4 rings (SSSR count). The van der Waals surface area contributed by atoms with Crippen LogP contribution in [-0.2, 0) is 11.8 Å². The van der Waals surface area contributed by atoms with Crippen LogP contribution in [0.4, 0.5) is 5.69 Å². The van der Waals surface area contributed by atoms with E-state index >= 15 is 0 Å². The molecule has 26 heavy (non-hydrogen) atoms. The molecule has 2 saturated heterocycles. The smallest absolute Gasteiger partial charge is 0.254 e. The van der Waals surface area contributed by atoms with Gasteiger partial charge in [0, 0.05) is 44.1 Å². The summed E-state index contributed by atoms with van der Waals surface area (Å²) in [6.45, 7) is 5.89. The van der Waals surface area contributed by atoms with Crippen molar-refractivity contribution in [3.05, 3.63) is 47.5 Å². The van der Waals surface area contributed by atoms with E-state index in [9.17, 15) is 4.79 Å². The van der Waals surface area contributed by atoms with E-state index in [1.807, 2.05) is 41.8 Å². The van der Waals surface area contributed by atoms with Crippen molar-refractivity contribution in [2.45, 2.75) is 25.9 Å². The topological polar surface area (TPSA) is 50.6 Å². The first-order chi connectivity index (χ1) is 12.6. The standard InChI is InChI=1S/C20H26N4O2/c1-15-13-22(2)19(21-15)18-14-24(11-12-26-18)20(25)16-5-7-17(8-6-16)23-9-3-4-10-23/h5-8,13,18H,3-4,9-12,14H2,1-2H3. The van der Waals surface area contributed by atoms with Crippen LogP contribution < -0.4 is 4.90 Å². The molecule has 1 aromatic heterocycles. The summed E-state index contributed by atoms with van der Waals surface area (Å²) in [5, 5.41) is 0. The Labute approximate surface area is 154 Å². The summed E-state index contributed by atoms with van der Waals surface area (Å²) in [7, 11) is 1.97. The predicted molar refractivity (Wildman–Crippen MR) is 100 cm³/mol. The molecule has 1 unspecified atom stereocenters. The van der Waals surface area contributed by atoms with Crippen molar-refractivity contribution in [2.24, 2.45) is 7.05 Å². The van der Waals surface area contributed by atoms with Crippen LogP contribution in [0.5, 0.6) is 0 Å². The second kappa shape index (κ2) is 7.11. The Morgan fingerprint density at radius 3 is 2.54 bits per heavy atom. The Kier molecular flexibility index (Phi) is 4.68. The molecule has 2 aliphatic rings. The van der Waals surface area contributed by atoms with Crippen LogP contribution in [-0.4, -0.2) is 53.1 Å². The van der Waals surface area contributed by atoms with E-state index in [2.05, 4.69) is 22.0 Å². The lowest BCUT2D eigenvalue weighted by Crippen LogP contribution is -2.42. The molecule has 6 nitrogen and oxygen atoms in total. The number of hydrogen-bond donors (Lipinski definition) is 0. The number of anilines is 1. The molecule has 0 N–H and O–H groups in total. The Balaban J connectivity index is 1.46. The highest BCUT2D eigenvalue weighted by Crippen LogP contribution is 2.24. The number of benzene rings is 1. The molecular formula is C20H26N4O2. The van der Waals surface area contributed by atoms with Crippen molar-refractivity contribution in [1.82, 2.24) is 14.5 Å². The van der Waals surface area contributed by atoms with Gasteiger partial charge in [-0.25, -0.2) is 4.98 Å². The average Bonchev–Trinajstić information content (AvgIpc) is 3.31. The number of carbonyl (C=O) groups excluding carboxylic acids is 1. The molecule has 6 heteroatoms. The highest BCUT2D eigenvalue weighted by molar-refractivity contribution is 5.94. The van der Waals surface area contributed by atoms with Crippen molar-refractivity contribution in [3.63, 3.8) is 0 Å². The zero-order valence-corrected chi connectivity index (χ0v) is 15.5. The summed E-state index contributed by atoms with van der Waals surface area (Å²) in [4.78, 5) is 21.7. The van der Waals surface area contributed by atoms with Gasteiger partial charge in [-0.1, -0.05) is 0 Å². The van der Waals surface area contributed by atoms with Crippen molar-refractivity contribution >= 4 is 11.6 Å². The van der Waals surface area contributed by atoms with E-state index in [0.717, 1.165) is 30.2 Å². The number of aryl methyl sites for hydroxylation is 2. The molecule has 2 aromatic rings. The first kappa shape index (κ1) is 17.1. The Hall–Kier alpha value is -2.34. The van der Waals surface area contributed by atoms with Gasteiger partial charge in [-0.05, 0) is 44.0 Å². The van der Waals surface area contributed by atoms with Crippen LogP contribution in [0, 0.1) is 6.92 Å². The summed E-state index contributed by atoms with van der Waals surface area (Å²) in [6, 6.07) is 8.04. The van der Waals surface area contributed by atoms with E-state index in [-0.39, 0.29) is 12.0 Å².